The number of benzene rings is 1. The SMILES string of the molecule is CN(Cc1nc2c(oc3ccccc32)c(=O)[nH]1)Cc1ccc(Br)s1. The van der Waals surface area contributed by atoms with Gasteiger partial charge in [0.2, 0.25) is 5.58 Å². The number of fused-ring (bicyclic) bond motifs is 3. The fourth-order valence-corrected chi connectivity index (χ4v) is 4.30. The van der Waals surface area contributed by atoms with Gasteiger partial charge in [-0.05, 0) is 47.2 Å². The Morgan fingerprint density at radius 2 is 2.08 bits per heavy atom. The van der Waals surface area contributed by atoms with Gasteiger partial charge in [-0.25, -0.2) is 4.98 Å². The second-order valence-corrected chi connectivity index (χ2v) is 8.21. The van der Waals surface area contributed by atoms with E-state index in [0.29, 0.717) is 23.5 Å². The van der Waals surface area contributed by atoms with Gasteiger partial charge in [0.15, 0.2) is 0 Å². The van der Waals surface area contributed by atoms with Gasteiger partial charge >= 0.3 is 0 Å². The van der Waals surface area contributed by atoms with Crippen LogP contribution >= 0.6 is 27.3 Å². The van der Waals surface area contributed by atoms with Gasteiger partial charge in [-0.2, -0.15) is 0 Å². The highest BCUT2D eigenvalue weighted by molar-refractivity contribution is 9.11. The standard InChI is InChI=1S/C17H14BrN3O2S/c1-21(8-10-6-7-13(18)24-10)9-14-19-15-11-4-2-3-5-12(11)23-16(15)17(22)20-14/h2-7H,8-9H2,1H3,(H,19,20,22). The number of thiophene rings is 1. The summed E-state index contributed by atoms with van der Waals surface area (Å²) in [5.74, 6) is 0.636. The van der Waals surface area contributed by atoms with Crippen LogP contribution in [-0.2, 0) is 13.1 Å². The fourth-order valence-electron chi connectivity index (χ4n) is 2.74. The topological polar surface area (TPSA) is 62.1 Å². The Labute approximate surface area is 150 Å². The normalized spacial score (nSPS) is 11.8. The maximum absolute atomic E-state index is 12.3. The van der Waals surface area contributed by atoms with E-state index in [-0.39, 0.29) is 11.1 Å². The van der Waals surface area contributed by atoms with E-state index in [9.17, 15) is 4.79 Å². The number of nitrogens with zero attached hydrogens (tertiary/aromatic N) is 2. The van der Waals surface area contributed by atoms with Crippen molar-refractivity contribution in [2.75, 3.05) is 7.05 Å². The molecule has 1 aromatic carbocycles. The van der Waals surface area contributed by atoms with Crippen molar-refractivity contribution in [3.05, 3.63) is 61.2 Å². The van der Waals surface area contributed by atoms with Crippen LogP contribution in [0, 0.1) is 0 Å². The van der Waals surface area contributed by atoms with E-state index in [1.165, 1.54) is 4.88 Å². The number of H-pyrrole nitrogens is 1. The van der Waals surface area contributed by atoms with Gasteiger partial charge in [-0.1, -0.05) is 12.1 Å². The van der Waals surface area contributed by atoms with E-state index >= 15 is 0 Å². The molecule has 5 nitrogen and oxygen atoms in total. The lowest BCUT2D eigenvalue weighted by molar-refractivity contribution is 0.313. The molecule has 0 aliphatic heterocycles. The maximum Gasteiger partial charge on any atom is 0.294 e. The molecule has 24 heavy (non-hydrogen) atoms. The number of hydrogen-bond acceptors (Lipinski definition) is 5. The Balaban J connectivity index is 1.66. The minimum Gasteiger partial charge on any atom is -0.449 e. The van der Waals surface area contributed by atoms with Crippen molar-refractivity contribution in [3.63, 3.8) is 0 Å². The van der Waals surface area contributed by atoms with E-state index in [4.69, 9.17) is 4.42 Å². The second-order valence-electron chi connectivity index (χ2n) is 5.67. The summed E-state index contributed by atoms with van der Waals surface area (Å²) in [7, 11) is 2.01. The molecule has 0 amide bonds. The molecule has 0 aliphatic carbocycles. The summed E-state index contributed by atoms with van der Waals surface area (Å²) in [6.07, 6.45) is 0. The lowest BCUT2D eigenvalue weighted by Crippen LogP contribution is -2.21. The second kappa shape index (κ2) is 6.16. The zero-order valence-corrected chi connectivity index (χ0v) is 15.3. The van der Waals surface area contributed by atoms with Gasteiger partial charge in [-0.3, -0.25) is 9.69 Å². The molecule has 1 N–H and O–H groups in total. The molecular weight excluding hydrogens is 390 g/mol. The number of aromatic nitrogens is 2. The molecule has 4 aromatic rings. The molecule has 4 rings (SSSR count). The summed E-state index contributed by atoms with van der Waals surface area (Å²) in [6, 6.07) is 11.7. The Kier molecular flexibility index (Phi) is 3.99. The van der Waals surface area contributed by atoms with Crippen molar-refractivity contribution in [2.24, 2.45) is 0 Å². The third-order valence-corrected chi connectivity index (χ3v) is 5.36. The number of para-hydroxylation sites is 1. The maximum atomic E-state index is 12.3. The van der Waals surface area contributed by atoms with Crippen LogP contribution in [0.4, 0.5) is 0 Å². The van der Waals surface area contributed by atoms with Crippen molar-refractivity contribution in [1.29, 1.82) is 0 Å². The molecule has 122 valence electrons. The highest BCUT2D eigenvalue weighted by atomic mass is 79.9. The Bertz CT molecular complexity index is 1080. The molecule has 0 aliphatic rings. The fraction of sp³-hybridized carbons (Fsp3) is 0.176. The lowest BCUT2D eigenvalue weighted by Gasteiger charge is -2.14. The van der Waals surface area contributed by atoms with Crippen LogP contribution in [0.3, 0.4) is 0 Å². The van der Waals surface area contributed by atoms with Crippen LogP contribution in [0.2, 0.25) is 0 Å². The molecule has 3 heterocycles. The molecule has 3 aromatic heterocycles. The zero-order valence-electron chi connectivity index (χ0n) is 12.9. The summed E-state index contributed by atoms with van der Waals surface area (Å²) in [4.78, 5) is 23.1. The number of rotatable bonds is 4. The van der Waals surface area contributed by atoms with E-state index in [2.05, 4.69) is 36.9 Å². The summed E-state index contributed by atoms with van der Waals surface area (Å²) >= 11 is 5.18. The van der Waals surface area contributed by atoms with Crippen LogP contribution < -0.4 is 5.56 Å². The summed E-state index contributed by atoms with van der Waals surface area (Å²) < 4.78 is 6.73. The predicted octanol–water partition coefficient (Wildman–Crippen LogP) is 4.13. The average molecular weight is 404 g/mol. The molecule has 0 spiro atoms. The number of furan rings is 1. The first kappa shape index (κ1) is 15.6. The highest BCUT2D eigenvalue weighted by Gasteiger charge is 2.14. The Morgan fingerprint density at radius 1 is 1.25 bits per heavy atom. The summed E-state index contributed by atoms with van der Waals surface area (Å²) in [6.45, 7) is 1.35. The average Bonchev–Trinajstić information content (AvgIpc) is 3.11. The third kappa shape index (κ3) is 2.90. The van der Waals surface area contributed by atoms with Crippen molar-refractivity contribution in [1.82, 2.24) is 14.9 Å². The van der Waals surface area contributed by atoms with Crippen LogP contribution in [0.25, 0.3) is 22.1 Å². The minimum absolute atomic E-state index is 0.238. The van der Waals surface area contributed by atoms with Crippen molar-refractivity contribution in [2.45, 2.75) is 13.1 Å². The predicted molar refractivity (Wildman–Crippen MR) is 99.3 cm³/mol. The van der Waals surface area contributed by atoms with Crippen molar-refractivity contribution in [3.8, 4) is 0 Å². The third-order valence-electron chi connectivity index (χ3n) is 3.75. The van der Waals surface area contributed by atoms with E-state index in [1.54, 1.807) is 11.3 Å². The largest absolute Gasteiger partial charge is 0.449 e. The first-order valence-electron chi connectivity index (χ1n) is 7.43. The monoisotopic (exact) mass is 403 g/mol. The quantitative estimate of drug-likeness (QED) is 0.556. The number of nitrogens with one attached hydrogen (secondary N) is 1. The van der Waals surface area contributed by atoms with Gasteiger partial charge in [0.05, 0.1) is 10.3 Å². The molecule has 0 atom stereocenters. The molecule has 0 radical (unpaired) electrons. The number of aromatic amines is 1. The highest BCUT2D eigenvalue weighted by Crippen LogP contribution is 2.25. The first-order valence-corrected chi connectivity index (χ1v) is 9.04. The van der Waals surface area contributed by atoms with Gasteiger partial charge in [0.25, 0.3) is 5.56 Å². The molecule has 0 bridgehead atoms. The Hall–Kier alpha value is -1.96. The van der Waals surface area contributed by atoms with Crippen molar-refractivity contribution >= 4 is 49.3 Å². The van der Waals surface area contributed by atoms with Gasteiger partial charge < -0.3 is 9.40 Å². The van der Waals surface area contributed by atoms with Crippen LogP contribution in [0.15, 0.2) is 49.4 Å². The van der Waals surface area contributed by atoms with E-state index in [0.717, 1.165) is 15.7 Å². The zero-order chi connectivity index (χ0) is 16.7. The number of halogens is 1. The Morgan fingerprint density at radius 3 is 2.88 bits per heavy atom. The van der Waals surface area contributed by atoms with Crippen LogP contribution in [0.5, 0.6) is 0 Å². The van der Waals surface area contributed by atoms with Crippen LogP contribution in [0.1, 0.15) is 10.7 Å². The molecule has 0 saturated carbocycles. The molecule has 7 heteroatoms. The molecular formula is C17H14BrN3O2S. The lowest BCUT2D eigenvalue weighted by atomic mass is 10.2. The molecule has 0 fully saturated rings. The molecule has 0 saturated heterocycles. The number of hydrogen-bond donors (Lipinski definition) is 1. The van der Waals surface area contributed by atoms with Gasteiger partial charge in [0, 0.05) is 16.8 Å². The van der Waals surface area contributed by atoms with Gasteiger partial charge in [-0.15, -0.1) is 11.3 Å². The molecule has 0 unspecified atom stereocenters. The van der Waals surface area contributed by atoms with Gasteiger partial charge in [0.1, 0.15) is 16.9 Å². The first-order chi connectivity index (χ1) is 11.6. The summed E-state index contributed by atoms with van der Waals surface area (Å²) in [5.41, 5.74) is 1.35. The van der Waals surface area contributed by atoms with E-state index < -0.39 is 0 Å². The minimum atomic E-state index is -0.238. The van der Waals surface area contributed by atoms with Crippen molar-refractivity contribution < 1.29 is 4.42 Å². The van der Waals surface area contributed by atoms with E-state index in [1.807, 2.05) is 37.4 Å². The smallest absolute Gasteiger partial charge is 0.294 e. The summed E-state index contributed by atoms with van der Waals surface area (Å²) in [5, 5.41) is 0.865. The van der Waals surface area contributed by atoms with Crippen LogP contribution in [-0.4, -0.2) is 21.9 Å².